The van der Waals surface area contributed by atoms with Crippen LogP contribution in [0.25, 0.3) is 15.5 Å². The fourth-order valence-corrected chi connectivity index (χ4v) is 2.50. The lowest BCUT2D eigenvalue weighted by Crippen LogP contribution is -1.91. The summed E-state index contributed by atoms with van der Waals surface area (Å²) in [7, 11) is 0. The van der Waals surface area contributed by atoms with Crippen LogP contribution in [0.15, 0.2) is 24.7 Å². The van der Waals surface area contributed by atoms with Crippen molar-refractivity contribution in [1.82, 2.24) is 19.6 Å². The van der Waals surface area contributed by atoms with Crippen molar-refractivity contribution in [3.8, 4) is 10.6 Å². The standard InChI is InChI=1S/C9H6ClN5S/c10-6-4-13-7(11)3-5(6)8-14-15-2-1-12-9(15)16-8/h1-4H,(H2,11,13). The molecule has 0 radical (unpaired) electrons. The SMILES string of the molecule is Nc1cc(-c2nn3ccnc3s2)c(Cl)cn1. The average Bonchev–Trinajstić information content (AvgIpc) is 2.81. The molecule has 0 saturated carbocycles. The molecule has 0 fully saturated rings. The first-order valence-corrected chi connectivity index (χ1v) is 5.65. The van der Waals surface area contributed by atoms with E-state index >= 15 is 0 Å². The normalized spacial score (nSPS) is 11.1. The Morgan fingerprint density at radius 2 is 2.25 bits per heavy atom. The maximum atomic E-state index is 6.04. The van der Waals surface area contributed by atoms with Gasteiger partial charge in [-0.2, -0.15) is 5.10 Å². The van der Waals surface area contributed by atoms with Gasteiger partial charge in [-0.3, -0.25) is 0 Å². The first-order chi connectivity index (χ1) is 7.74. The van der Waals surface area contributed by atoms with Crippen LogP contribution in [0.4, 0.5) is 5.82 Å². The van der Waals surface area contributed by atoms with Gasteiger partial charge in [0.25, 0.3) is 0 Å². The second-order valence-corrected chi connectivity index (χ2v) is 4.51. The van der Waals surface area contributed by atoms with Gasteiger partial charge in [0, 0.05) is 18.0 Å². The minimum atomic E-state index is 0.423. The van der Waals surface area contributed by atoms with E-state index in [1.807, 2.05) is 0 Å². The molecule has 0 atom stereocenters. The molecule has 3 heterocycles. The molecule has 0 bridgehead atoms. The molecule has 3 aromatic heterocycles. The highest BCUT2D eigenvalue weighted by molar-refractivity contribution is 7.19. The summed E-state index contributed by atoms with van der Waals surface area (Å²) in [5.41, 5.74) is 6.40. The van der Waals surface area contributed by atoms with Crippen LogP contribution in [0, 0.1) is 0 Å². The second kappa shape index (κ2) is 3.43. The van der Waals surface area contributed by atoms with Crippen LogP contribution >= 0.6 is 22.9 Å². The van der Waals surface area contributed by atoms with Gasteiger partial charge in [-0.25, -0.2) is 14.5 Å². The molecule has 0 spiro atoms. The third-order valence-corrected chi connectivity index (χ3v) is 3.35. The van der Waals surface area contributed by atoms with Crippen molar-refractivity contribution < 1.29 is 0 Å². The number of nitrogen functional groups attached to an aromatic ring is 1. The number of pyridine rings is 1. The summed E-state index contributed by atoms with van der Waals surface area (Å²) in [6.07, 6.45) is 5.01. The lowest BCUT2D eigenvalue weighted by atomic mass is 10.3. The van der Waals surface area contributed by atoms with Crippen molar-refractivity contribution in [3.63, 3.8) is 0 Å². The number of rotatable bonds is 1. The third kappa shape index (κ3) is 1.43. The maximum Gasteiger partial charge on any atom is 0.212 e. The van der Waals surface area contributed by atoms with Crippen molar-refractivity contribution in [2.24, 2.45) is 0 Å². The zero-order chi connectivity index (χ0) is 11.1. The predicted octanol–water partition coefficient (Wildman–Crippen LogP) is 2.09. The van der Waals surface area contributed by atoms with Crippen molar-refractivity contribution >= 4 is 33.7 Å². The molecular formula is C9H6ClN5S. The zero-order valence-corrected chi connectivity index (χ0v) is 9.53. The molecule has 0 unspecified atom stereocenters. The second-order valence-electron chi connectivity index (χ2n) is 3.15. The monoisotopic (exact) mass is 251 g/mol. The van der Waals surface area contributed by atoms with Gasteiger partial charge >= 0.3 is 0 Å². The first-order valence-electron chi connectivity index (χ1n) is 4.45. The summed E-state index contributed by atoms with van der Waals surface area (Å²) in [6.45, 7) is 0. The highest BCUT2D eigenvalue weighted by atomic mass is 35.5. The Morgan fingerprint density at radius 1 is 1.38 bits per heavy atom. The number of hydrogen-bond donors (Lipinski definition) is 1. The van der Waals surface area contributed by atoms with Gasteiger partial charge in [0.05, 0.1) is 11.2 Å². The van der Waals surface area contributed by atoms with Gasteiger partial charge in [-0.15, -0.1) is 0 Å². The summed E-state index contributed by atoms with van der Waals surface area (Å²) < 4.78 is 1.70. The number of aromatic nitrogens is 4. The fourth-order valence-electron chi connectivity index (χ4n) is 1.36. The van der Waals surface area contributed by atoms with Crippen molar-refractivity contribution in [2.75, 3.05) is 5.73 Å². The van der Waals surface area contributed by atoms with E-state index in [9.17, 15) is 0 Å². The number of fused-ring (bicyclic) bond motifs is 1. The molecule has 7 heteroatoms. The highest BCUT2D eigenvalue weighted by Crippen LogP contribution is 2.31. The molecule has 0 aliphatic heterocycles. The third-order valence-electron chi connectivity index (χ3n) is 2.08. The van der Waals surface area contributed by atoms with E-state index in [0.717, 1.165) is 15.5 Å². The number of halogens is 1. The van der Waals surface area contributed by atoms with Crippen LogP contribution in [0.2, 0.25) is 5.02 Å². The largest absolute Gasteiger partial charge is 0.384 e. The van der Waals surface area contributed by atoms with E-state index < -0.39 is 0 Å². The smallest absolute Gasteiger partial charge is 0.212 e. The maximum absolute atomic E-state index is 6.04. The molecule has 80 valence electrons. The summed E-state index contributed by atoms with van der Waals surface area (Å²) >= 11 is 7.50. The lowest BCUT2D eigenvalue weighted by molar-refractivity contribution is 0.978. The Bertz CT molecular complexity index is 630. The Labute approximate surface area is 99.5 Å². The molecule has 3 rings (SSSR count). The van der Waals surface area contributed by atoms with E-state index in [2.05, 4.69) is 15.1 Å². The van der Waals surface area contributed by atoms with Crippen LogP contribution < -0.4 is 5.73 Å². The van der Waals surface area contributed by atoms with Crippen molar-refractivity contribution in [2.45, 2.75) is 0 Å². The molecular weight excluding hydrogens is 246 g/mol. The minimum absolute atomic E-state index is 0.423. The van der Waals surface area contributed by atoms with Gasteiger partial charge in [-0.1, -0.05) is 22.9 Å². The van der Waals surface area contributed by atoms with Crippen LogP contribution in [-0.2, 0) is 0 Å². The van der Waals surface area contributed by atoms with E-state index in [0.29, 0.717) is 10.8 Å². The predicted molar refractivity (Wildman–Crippen MR) is 63.5 cm³/mol. The average molecular weight is 252 g/mol. The molecule has 0 aliphatic rings. The Hall–Kier alpha value is -1.66. The van der Waals surface area contributed by atoms with Crippen LogP contribution in [0.5, 0.6) is 0 Å². The minimum Gasteiger partial charge on any atom is -0.384 e. The molecule has 16 heavy (non-hydrogen) atoms. The summed E-state index contributed by atoms with van der Waals surface area (Å²) in [6, 6.07) is 1.71. The first kappa shape index (κ1) is 9.56. The van der Waals surface area contributed by atoms with Gasteiger partial charge in [0.2, 0.25) is 4.96 Å². The topological polar surface area (TPSA) is 69.1 Å². The van der Waals surface area contributed by atoms with E-state index in [-0.39, 0.29) is 0 Å². The Balaban J connectivity index is 2.22. The molecule has 0 saturated heterocycles. The highest BCUT2D eigenvalue weighted by Gasteiger charge is 2.11. The molecule has 0 amide bonds. The van der Waals surface area contributed by atoms with Crippen LogP contribution in [-0.4, -0.2) is 19.6 Å². The number of nitrogens with zero attached hydrogens (tertiary/aromatic N) is 4. The van der Waals surface area contributed by atoms with E-state index in [4.69, 9.17) is 17.3 Å². The number of nitrogens with two attached hydrogens (primary N) is 1. The van der Waals surface area contributed by atoms with E-state index in [1.54, 1.807) is 23.0 Å². The number of hydrogen-bond acceptors (Lipinski definition) is 5. The lowest BCUT2D eigenvalue weighted by Gasteiger charge is -1.99. The summed E-state index contributed by atoms with van der Waals surface area (Å²) in [5.74, 6) is 0.423. The summed E-state index contributed by atoms with van der Waals surface area (Å²) in [5, 5.41) is 5.66. The summed E-state index contributed by atoms with van der Waals surface area (Å²) in [4.78, 5) is 8.87. The Morgan fingerprint density at radius 3 is 3.06 bits per heavy atom. The van der Waals surface area contributed by atoms with Crippen LogP contribution in [0.1, 0.15) is 0 Å². The zero-order valence-electron chi connectivity index (χ0n) is 7.96. The van der Waals surface area contributed by atoms with Crippen molar-refractivity contribution in [1.29, 1.82) is 0 Å². The molecule has 2 N–H and O–H groups in total. The quantitative estimate of drug-likeness (QED) is 0.719. The van der Waals surface area contributed by atoms with Gasteiger partial charge in [0.15, 0.2) is 0 Å². The van der Waals surface area contributed by atoms with Gasteiger partial charge in [-0.05, 0) is 6.07 Å². The van der Waals surface area contributed by atoms with Gasteiger partial charge in [0.1, 0.15) is 10.8 Å². The fraction of sp³-hybridized carbons (Fsp3) is 0. The van der Waals surface area contributed by atoms with Crippen molar-refractivity contribution in [3.05, 3.63) is 29.7 Å². The number of imidazole rings is 1. The molecule has 3 aromatic rings. The van der Waals surface area contributed by atoms with Crippen LogP contribution in [0.3, 0.4) is 0 Å². The van der Waals surface area contributed by atoms with E-state index in [1.165, 1.54) is 17.5 Å². The number of anilines is 1. The van der Waals surface area contributed by atoms with Gasteiger partial charge < -0.3 is 5.73 Å². The Kier molecular flexibility index (Phi) is 2.05. The molecule has 0 aliphatic carbocycles. The molecule has 5 nitrogen and oxygen atoms in total. The molecule has 0 aromatic carbocycles.